The van der Waals surface area contributed by atoms with Crippen LogP contribution in [0.25, 0.3) is 0 Å². The van der Waals surface area contributed by atoms with Gasteiger partial charge >= 0.3 is 0 Å². The highest BCUT2D eigenvalue weighted by Gasteiger charge is 2.39. The summed E-state index contributed by atoms with van der Waals surface area (Å²) in [6, 6.07) is 2.71. The molecule has 98 valence electrons. The van der Waals surface area contributed by atoms with Gasteiger partial charge in [0.1, 0.15) is 0 Å². The van der Waals surface area contributed by atoms with Crippen LogP contribution in [0.15, 0.2) is 0 Å². The Hall–Kier alpha value is -0.0800. The number of nitrogens with one attached hydrogen (secondary N) is 1. The molecule has 0 heterocycles. The molecule has 0 saturated heterocycles. The summed E-state index contributed by atoms with van der Waals surface area (Å²) in [7, 11) is 0. The summed E-state index contributed by atoms with van der Waals surface area (Å²) in [5, 5.41) is 3.72. The zero-order chi connectivity index (χ0) is 11.7. The van der Waals surface area contributed by atoms with Crippen molar-refractivity contribution in [1.82, 2.24) is 10.2 Å². The topological polar surface area (TPSA) is 15.3 Å². The van der Waals surface area contributed by atoms with Crippen molar-refractivity contribution in [3.63, 3.8) is 0 Å². The van der Waals surface area contributed by atoms with Gasteiger partial charge < -0.3 is 5.32 Å². The van der Waals surface area contributed by atoms with E-state index in [4.69, 9.17) is 0 Å². The highest BCUT2D eigenvalue weighted by molar-refractivity contribution is 4.96. The van der Waals surface area contributed by atoms with Crippen LogP contribution < -0.4 is 5.32 Å². The van der Waals surface area contributed by atoms with E-state index in [-0.39, 0.29) is 0 Å². The Morgan fingerprint density at radius 1 is 1.00 bits per heavy atom. The molecule has 2 unspecified atom stereocenters. The first-order chi connectivity index (χ1) is 8.36. The summed E-state index contributed by atoms with van der Waals surface area (Å²) >= 11 is 0. The molecule has 2 heteroatoms. The lowest BCUT2D eigenvalue weighted by molar-refractivity contribution is 0.178. The van der Waals surface area contributed by atoms with Crippen LogP contribution in [0, 0.1) is 5.92 Å². The lowest BCUT2D eigenvalue weighted by atomic mass is 10.1. The maximum absolute atomic E-state index is 3.72. The van der Waals surface area contributed by atoms with Crippen LogP contribution >= 0.6 is 0 Å². The number of hydrogen-bond donors (Lipinski definition) is 1. The van der Waals surface area contributed by atoms with Gasteiger partial charge in [-0.2, -0.15) is 0 Å². The SMILES string of the molecule is CCCNC1CCC(N(CC2CC2)C2CC2)C1. The molecule has 0 radical (unpaired) electrons. The summed E-state index contributed by atoms with van der Waals surface area (Å²) in [5.74, 6) is 1.07. The summed E-state index contributed by atoms with van der Waals surface area (Å²) < 4.78 is 0. The molecule has 0 aromatic rings. The minimum Gasteiger partial charge on any atom is -0.314 e. The Labute approximate surface area is 106 Å². The molecule has 3 saturated carbocycles. The van der Waals surface area contributed by atoms with Crippen molar-refractivity contribution in [3.05, 3.63) is 0 Å². The average Bonchev–Trinajstić information content (AvgIpc) is 3.23. The predicted octanol–water partition coefficient (Wildman–Crippen LogP) is 2.78. The van der Waals surface area contributed by atoms with E-state index in [1.165, 1.54) is 64.5 Å². The molecular formula is C15H28N2. The van der Waals surface area contributed by atoms with Gasteiger partial charge in [-0.25, -0.2) is 0 Å². The van der Waals surface area contributed by atoms with Crippen LogP contribution in [-0.2, 0) is 0 Å². The maximum Gasteiger partial charge on any atom is 0.0114 e. The Balaban J connectivity index is 1.48. The van der Waals surface area contributed by atoms with Gasteiger partial charge in [-0.1, -0.05) is 6.92 Å². The molecule has 3 fully saturated rings. The monoisotopic (exact) mass is 236 g/mol. The van der Waals surface area contributed by atoms with Crippen LogP contribution in [0.5, 0.6) is 0 Å². The van der Waals surface area contributed by atoms with Gasteiger partial charge in [0.2, 0.25) is 0 Å². The summed E-state index contributed by atoms with van der Waals surface area (Å²) in [4.78, 5) is 2.89. The fraction of sp³-hybridized carbons (Fsp3) is 1.00. The second kappa shape index (κ2) is 5.27. The molecule has 2 atom stereocenters. The standard InChI is InChI=1S/C15H28N2/c1-2-9-16-13-5-6-15(10-13)17(14-7-8-14)11-12-3-4-12/h12-16H,2-11H2,1H3. The van der Waals surface area contributed by atoms with Gasteiger partial charge in [-0.15, -0.1) is 0 Å². The van der Waals surface area contributed by atoms with E-state index in [0.717, 1.165) is 24.0 Å². The van der Waals surface area contributed by atoms with Crippen molar-refractivity contribution < 1.29 is 0 Å². The minimum absolute atomic E-state index is 0.820. The largest absolute Gasteiger partial charge is 0.314 e. The van der Waals surface area contributed by atoms with Gasteiger partial charge in [-0.05, 0) is 63.8 Å². The second-order valence-corrected chi connectivity index (χ2v) is 6.49. The molecule has 1 N–H and O–H groups in total. The number of hydrogen-bond acceptors (Lipinski definition) is 2. The third kappa shape index (κ3) is 3.23. The molecule has 0 spiro atoms. The summed E-state index contributed by atoms with van der Waals surface area (Å²) in [6.07, 6.45) is 11.5. The lowest BCUT2D eigenvalue weighted by Gasteiger charge is -2.29. The Bertz CT molecular complexity index is 245. The Morgan fingerprint density at radius 3 is 2.41 bits per heavy atom. The molecule has 0 aromatic carbocycles. The lowest BCUT2D eigenvalue weighted by Crippen LogP contribution is -2.38. The number of rotatable bonds is 7. The van der Waals surface area contributed by atoms with Gasteiger partial charge in [0.15, 0.2) is 0 Å². The van der Waals surface area contributed by atoms with Crippen LogP contribution in [0.1, 0.15) is 58.3 Å². The van der Waals surface area contributed by atoms with E-state index >= 15 is 0 Å². The predicted molar refractivity (Wildman–Crippen MR) is 72.2 cm³/mol. The third-order valence-electron chi connectivity index (χ3n) is 4.74. The molecular weight excluding hydrogens is 208 g/mol. The van der Waals surface area contributed by atoms with Crippen molar-refractivity contribution in [2.45, 2.75) is 76.4 Å². The van der Waals surface area contributed by atoms with E-state index in [9.17, 15) is 0 Å². The molecule has 3 aliphatic carbocycles. The molecule has 0 aromatic heterocycles. The van der Waals surface area contributed by atoms with Crippen molar-refractivity contribution in [2.24, 2.45) is 5.92 Å². The molecule has 3 aliphatic rings. The molecule has 0 bridgehead atoms. The maximum atomic E-state index is 3.72. The first kappa shape index (κ1) is 12.0. The first-order valence-corrected chi connectivity index (χ1v) is 7.86. The average molecular weight is 236 g/mol. The van der Waals surface area contributed by atoms with Gasteiger partial charge in [-0.3, -0.25) is 4.90 Å². The second-order valence-electron chi connectivity index (χ2n) is 6.49. The quantitative estimate of drug-likeness (QED) is 0.731. The van der Waals surface area contributed by atoms with Crippen LogP contribution in [0.3, 0.4) is 0 Å². The third-order valence-corrected chi connectivity index (χ3v) is 4.74. The van der Waals surface area contributed by atoms with Crippen molar-refractivity contribution in [3.8, 4) is 0 Å². The van der Waals surface area contributed by atoms with Crippen LogP contribution in [-0.4, -0.2) is 36.1 Å². The molecule has 0 aliphatic heterocycles. The smallest absolute Gasteiger partial charge is 0.0114 e. The minimum atomic E-state index is 0.820. The molecule has 0 amide bonds. The van der Waals surface area contributed by atoms with E-state index in [1.807, 2.05) is 0 Å². The fourth-order valence-electron chi connectivity index (χ4n) is 3.39. The zero-order valence-electron chi connectivity index (χ0n) is 11.3. The zero-order valence-corrected chi connectivity index (χ0v) is 11.3. The highest BCUT2D eigenvalue weighted by Crippen LogP contribution is 2.39. The van der Waals surface area contributed by atoms with Gasteiger partial charge in [0, 0.05) is 24.7 Å². The molecule has 17 heavy (non-hydrogen) atoms. The van der Waals surface area contributed by atoms with Crippen LogP contribution in [0.2, 0.25) is 0 Å². The van der Waals surface area contributed by atoms with E-state index < -0.39 is 0 Å². The summed E-state index contributed by atoms with van der Waals surface area (Å²) in [6.45, 7) is 4.91. The van der Waals surface area contributed by atoms with Crippen molar-refractivity contribution in [2.75, 3.05) is 13.1 Å². The molecule has 3 rings (SSSR count). The van der Waals surface area contributed by atoms with Crippen molar-refractivity contribution in [1.29, 1.82) is 0 Å². The normalized spacial score (nSPS) is 33.5. The van der Waals surface area contributed by atoms with Gasteiger partial charge in [0.25, 0.3) is 0 Å². The summed E-state index contributed by atoms with van der Waals surface area (Å²) in [5.41, 5.74) is 0. The van der Waals surface area contributed by atoms with E-state index in [0.29, 0.717) is 0 Å². The van der Waals surface area contributed by atoms with Crippen molar-refractivity contribution >= 4 is 0 Å². The number of nitrogens with zero attached hydrogens (tertiary/aromatic N) is 1. The highest BCUT2D eigenvalue weighted by atomic mass is 15.2. The van der Waals surface area contributed by atoms with Gasteiger partial charge in [0.05, 0.1) is 0 Å². The Kier molecular flexibility index (Phi) is 3.72. The van der Waals surface area contributed by atoms with Crippen LogP contribution in [0.4, 0.5) is 0 Å². The molecule has 2 nitrogen and oxygen atoms in total. The first-order valence-electron chi connectivity index (χ1n) is 7.86. The van der Waals surface area contributed by atoms with E-state index in [2.05, 4.69) is 17.1 Å². The fourth-order valence-corrected chi connectivity index (χ4v) is 3.39. The Morgan fingerprint density at radius 2 is 1.76 bits per heavy atom. The van der Waals surface area contributed by atoms with E-state index in [1.54, 1.807) is 0 Å².